The maximum Gasteiger partial charge on any atom is 0.435 e. The van der Waals surface area contributed by atoms with E-state index in [4.69, 9.17) is 32.5 Å². The van der Waals surface area contributed by atoms with Crippen molar-refractivity contribution >= 4 is 39.9 Å². The van der Waals surface area contributed by atoms with E-state index in [1.54, 1.807) is 24.3 Å². The van der Waals surface area contributed by atoms with Crippen molar-refractivity contribution in [2.24, 2.45) is 5.16 Å². The fourth-order valence-corrected chi connectivity index (χ4v) is 3.61. The summed E-state index contributed by atoms with van der Waals surface area (Å²) in [6.45, 7) is 0. The first kappa shape index (κ1) is 17.2. The van der Waals surface area contributed by atoms with Gasteiger partial charge in [0.25, 0.3) is 5.60 Å². The monoisotopic (exact) mass is 399 g/mol. The van der Waals surface area contributed by atoms with Crippen LogP contribution in [0.25, 0.3) is 11.0 Å². The van der Waals surface area contributed by atoms with Gasteiger partial charge >= 0.3 is 6.18 Å². The zero-order valence-corrected chi connectivity index (χ0v) is 14.5. The average Bonchev–Trinajstić information content (AvgIpc) is 3.21. The van der Waals surface area contributed by atoms with Gasteiger partial charge in [0.2, 0.25) is 0 Å². The van der Waals surface area contributed by atoms with Crippen molar-refractivity contribution in [3.63, 3.8) is 0 Å². The zero-order chi connectivity index (χ0) is 18.5. The molecule has 0 saturated heterocycles. The van der Waals surface area contributed by atoms with E-state index in [-0.39, 0.29) is 21.3 Å². The normalized spacial score (nSPS) is 20.3. The molecule has 0 fully saturated rings. The van der Waals surface area contributed by atoms with E-state index in [2.05, 4.69) is 5.16 Å². The smallest absolute Gasteiger partial charge is 0.435 e. The summed E-state index contributed by atoms with van der Waals surface area (Å²) in [5.41, 5.74) is -1.59. The number of nitrogens with zero attached hydrogens (tertiary/aromatic N) is 1. The standard InChI is InChI=1S/C18H10Cl2F3NO2/c19-11-6-10(7-12(20)8-11)17(18(21,22)23)9-15(24-26-17)13-2-1-3-16-14(13)4-5-25-16/h1-8H,9H2. The van der Waals surface area contributed by atoms with Crippen LogP contribution < -0.4 is 0 Å². The van der Waals surface area contributed by atoms with Crippen molar-refractivity contribution in [3.05, 3.63) is 69.9 Å². The highest BCUT2D eigenvalue weighted by atomic mass is 35.5. The summed E-state index contributed by atoms with van der Waals surface area (Å²) in [4.78, 5) is 5.01. The van der Waals surface area contributed by atoms with Crippen LogP contribution in [0.2, 0.25) is 10.0 Å². The first-order chi connectivity index (χ1) is 12.3. The lowest BCUT2D eigenvalue weighted by molar-refractivity contribution is -0.275. The van der Waals surface area contributed by atoms with Gasteiger partial charge in [0.1, 0.15) is 5.58 Å². The highest BCUT2D eigenvalue weighted by Crippen LogP contribution is 2.50. The molecular weight excluding hydrogens is 390 g/mol. The van der Waals surface area contributed by atoms with Crippen LogP contribution in [-0.2, 0) is 10.4 Å². The Kier molecular flexibility index (Phi) is 3.93. The summed E-state index contributed by atoms with van der Waals surface area (Å²) in [6.07, 6.45) is -3.76. The van der Waals surface area contributed by atoms with Crippen LogP contribution in [-0.4, -0.2) is 11.9 Å². The number of furan rings is 1. The molecule has 4 rings (SSSR count). The SMILES string of the molecule is FC(F)(F)C1(c2cc(Cl)cc(Cl)c2)CC(c2cccc3occc23)=NO1. The number of rotatable bonds is 2. The fourth-order valence-electron chi connectivity index (χ4n) is 3.08. The van der Waals surface area contributed by atoms with Crippen LogP contribution in [0.3, 0.4) is 0 Å². The van der Waals surface area contributed by atoms with Crippen LogP contribution in [0.15, 0.2) is 58.3 Å². The van der Waals surface area contributed by atoms with Gasteiger partial charge in [-0.2, -0.15) is 13.2 Å². The third kappa shape index (κ3) is 2.64. The summed E-state index contributed by atoms with van der Waals surface area (Å²) in [5, 5.41) is 4.60. The van der Waals surface area contributed by atoms with E-state index in [1.165, 1.54) is 24.5 Å². The number of hydrogen-bond donors (Lipinski definition) is 0. The summed E-state index contributed by atoms with van der Waals surface area (Å²) in [6, 6.07) is 10.5. The molecule has 0 bridgehead atoms. The third-order valence-corrected chi connectivity index (χ3v) is 4.76. The molecule has 134 valence electrons. The number of oxime groups is 1. The molecular formula is C18H10Cl2F3NO2. The van der Waals surface area contributed by atoms with Crippen LogP contribution in [0, 0.1) is 0 Å². The molecule has 8 heteroatoms. The molecule has 0 aliphatic carbocycles. The van der Waals surface area contributed by atoms with Gasteiger partial charge in [0.15, 0.2) is 0 Å². The molecule has 2 heterocycles. The highest BCUT2D eigenvalue weighted by Gasteiger charge is 2.62. The molecule has 1 unspecified atom stereocenters. The minimum atomic E-state index is -4.73. The van der Waals surface area contributed by atoms with E-state index in [0.717, 1.165) is 0 Å². The van der Waals surface area contributed by atoms with Gasteiger partial charge in [-0.3, -0.25) is 0 Å². The molecule has 0 spiro atoms. The van der Waals surface area contributed by atoms with Crippen LogP contribution in [0.5, 0.6) is 0 Å². The van der Waals surface area contributed by atoms with E-state index < -0.39 is 18.2 Å². The van der Waals surface area contributed by atoms with Crippen LogP contribution in [0.4, 0.5) is 13.2 Å². The number of fused-ring (bicyclic) bond motifs is 1. The number of benzene rings is 2. The van der Waals surface area contributed by atoms with Gasteiger partial charge in [-0.05, 0) is 30.3 Å². The number of hydrogen-bond acceptors (Lipinski definition) is 3. The molecule has 0 N–H and O–H groups in total. The maximum absolute atomic E-state index is 14.0. The number of alkyl halides is 3. The maximum atomic E-state index is 14.0. The van der Waals surface area contributed by atoms with Gasteiger partial charge in [0.05, 0.1) is 12.0 Å². The predicted molar refractivity (Wildman–Crippen MR) is 92.6 cm³/mol. The minimum absolute atomic E-state index is 0.0881. The van der Waals surface area contributed by atoms with Crippen molar-refractivity contribution < 1.29 is 22.4 Å². The molecule has 26 heavy (non-hydrogen) atoms. The Morgan fingerprint density at radius 1 is 1.04 bits per heavy atom. The zero-order valence-electron chi connectivity index (χ0n) is 13.0. The van der Waals surface area contributed by atoms with Crippen molar-refractivity contribution in [1.29, 1.82) is 0 Å². The number of halogens is 5. The summed E-state index contributed by atoms with van der Waals surface area (Å²) in [7, 11) is 0. The molecule has 0 radical (unpaired) electrons. The minimum Gasteiger partial charge on any atom is -0.464 e. The van der Waals surface area contributed by atoms with Gasteiger partial charge in [-0.15, -0.1) is 0 Å². The van der Waals surface area contributed by atoms with Gasteiger partial charge in [-0.25, -0.2) is 0 Å². The van der Waals surface area contributed by atoms with Crippen LogP contribution in [0.1, 0.15) is 17.5 Å². The van der Waals surface area contributed by atoms with Gasteiger partial charge < -0.3 is 9.25 Å². The summed E-state index contributed by atoms with van der Waals surface area (Å²) in [5.74, 6) is 0. The molecule has 0 amide bonds. The lowest BCUT2D eigenvalue weighted by Gasteiger charge is -2.29. The van der Waals surface area contributed by atoms with Gasteiger partial charge in [0, 0.05) is 33.0 Å². The molecule has 3 aromatic rings. The lowest BCUT2D eigenvalue weighted by Crippen LogP contribution is -2.42. The average molecular weight is 400 g/mol. The second-order valence-corrected chi connectivity index (χ2v) is 6.80. The Morgan fingerprint density at radius 3 is 2.46 bits per heavy atom. The Labute approximate surface area is 155 Å². The first-order valence-electron chi connectivity index (χ1n) is 7.55. The summed E-state index contributed by atoms with van der Waals surface area (Å²) < 4.78 is 47.3. The molecule has 1 aliphatic heterocycles. The van der Waals surface area contributed by atoms with E-state index >= 15 is 0 Å². The Bertz CT molecular complexity index is 1010. The molecule has 3 nitrogen and oxygen atoms in total. The topological polar surface area (TPSA) is 34.7 Å². The third-order valence-electron chi connectivity index (χ3n) is 4.32. The van der Waals surface area contributed by atoms with Crippen molar-refractivity contribution in [1.82, 2.24) is 0 Å². The molecule has 0 saturated carbocycles. The van der Waals surface area contributed by atoms with E-state index in [0.29, 0.717) is 16.5 Å². The highest BCUT2D eigenvalue weighted by molar-refractivity contribution is 6.34. The van der Waals surface area contributed by atoms with E-state index in [9.17, 15) is 13.2 Å². The van der Waals surface area contributed by atoms with Crippen LogP contribution >= 0.6 is 23.2 Å². The largest absolute Gasteiger partial charge is 0.464 e. The molecule has 1 atom stereocenters. The van der Waals surface area contributed by atoms with Crippen molar-refractivity contribution in [2.45, 2.75) is 18.2 Å². The second kappa shape index (κ2) is 5.93. The molecule has 1 aromatic heterocycles. The first-order valence-corrected chi connectivity index (χ1v) is 8.31. The van der Waals surface area contributed by atoms with Gasteiger partial charge in [-0.1, -0.05) is 40.5 Å². The fraction of sp³-hybridized carbons (Fsp3) is 0.167. The predicted octanol–water partition coefficient (Wildman–Crippen LogP) is 6.32. The Morgan fingerprint density at radius 2 is 1.77 bits per heavy atom. The van der Waals surface area contributed by atoms with Crippen molar-refractivity contribution in [2.75, 3.05) is 0 Å². The quantitative estimate of drug-likeness (QED) is 0.505. The molecule has 2 aromatic carbocycles. The Hall–Kier alpha value is -2.18. The summed E-state index contributed by atoms with van der Waals surface area (Å²) >= 11 is 11.8. The molecule has 1 aliphatic rings. The van der Waals surface area contributed by atoms with E-state index in [1.807, 2.05) is 0 Å². The lowest BCUT2D eigenvalue weighted by atomic mass is 9.86. The second-order valence-electron chi connectivity index (χ2n) is 5.93. The van der Waals surface area contributed by atoms with Crippen molar-refractivity contribution in [3.8, 4) is 0 Å². The Balaban J connectivity index is 1.82.